The molecular weight excluding hydrogens is 242 g/mol. The fourth-order valence-electron chi connectivity index (χ4n) is 2.80. The molecule has 1 aromatic rings. The maximum atomic E-state index is 11.0. The van der Waals surface area contributed by atoms with Gasteiger partial charge < -0.3 is 10.6 Å². The van der Waals surface area contributed by atoms with Crippen LogP contribution in [0.1, 0.15) is 31.7 Å². The summed E-state index contributed by atoms with van der Waals surface area (Å²) in [4.78, 5) is 12.9. The molecular formula is C14H21N3O2. The second-order valence-corrected chi connectivity index (χ2v) is 5.34. The molecule has 1 aliphatic heterocycles. The maximum Gasteiger partial charge on any atom is 0.274 e. The average molecular weight is 263 g/mol. The van der Waals surface area contributed by atoms with Gasteiger partial charge in [-0.05, 0) is 39.2 Å². The lowest BCUT2D eigenvalue weighted by Crippen LogP contribution is -2.49. The van der Waals surface area contributed by atoms with Crippen LogP contribution in [-0.2, 0) is 0 Å². The number of nitro groups is 1. The topological polar surface area (TPSA) is 72.4 Å². The van der Waals surface area contributed by atoms with E-state index in [1.807, 2.05) is 19.1 Å². The summed E-state index contributed by atoms with van der Waals surface area (Å²) in [5.74, 6) is 0. The van der Waals surface area contributed by atoms with E-state index in [4.69, 9.17) is 5.73 Å². The van der Waals surface area contributed by atoms with E-state index in [2.05, 4.69) is 4.90 Å². The third-order valence-electron chi connectivity index (χ3n) is 3.88. The number of hydrogen-bond acceptors (Lipinski definition) is 4. The highest BCUT2D eigenvalue weighted by Crippen LogP contribution is 2.30. The number of nitrogens with zero attached hydrogens (tertiary/aromatic N) is 2. The Hall–Kier alpha value is -1.62. The first-order valence-corrected chi connectivity index (χ1v) is 6.78. The molecule has 1 heterocycles. The Balaban J connectivity index is 2.34. The van der Waals surface area contributed by atoms with Gasteiger partial charge in [0, 0.05) is 35.9 Å². The Morgan fingerprint density at radius 3 is 2.84 bits per heavy atom. The van der Waals surface area contributed by atoms with Gasteiger partial charge >= 0.3 is 0 Å². The Morgan fingerprint density at radius 1 is 1.47 bits per heavy atom. The van der Waals surface area contributed by atoms with Gasteiger partial charge in [-0.3, -0.25) is 10.1 Å². The van der Waals surface area contributed by atoms with Crippen molar-refractivity contribution in [3.05, 3.63) is 33.9 Å². The van der Waals surface area contributed by atoms with Crippen LogP contribution in [0.5, 0.6) is 0 Å². The number of benzene rings is 1. The molecule has 1 aliphatic rings. The van der Waals surface area contributed by atoms with Crippen LogP contribution in [0.4, 0.5) is 11.4 Å². The van der Waals surface area contributed by atoms with Crippen molar-refractivity contribution in [2.45, 2.75) is 45.2 Å². The van der Waals surface area contributed by atoms with Gasteiger partial charge in [-0.25, -0.2) is 0 Å². The standard InChI is InChI=1S/C14H21N3O2/c1-10-6-7-12(9-14(10)17(18)19)16-8-4-3-5-13(16)11(2)15/h6-7,9,11,13H,3-5,8,15H2,1-2H3. The van der Waals surface area contributed by atoms with Gasteiger partial charge in [0.1, 0.15) is 0 Å². The van der Waals surface area contributed by atoms with Crippen LogP contribution in [0, 0.1) is 17.0 Å². The number of nitrogens with two attached hydrogens (primary N) is 1. The van der Waals surface area contributed by atoms with Gasteiger partial charge in [-0.1, -0.05) is 6.07 Å². The molecule has 0 amide bonds. The van der Waals surface area contributed by atoms with Crippen LogP contribution < -0.4 is 10.6 Å². The molecule has 0 saturated carbocycles. The molecule has 0 radical (unpaired) electrons. The largest absolute Gasteiger partial charge is 0.367 e. The summed E-state index contributed by atoms with van der Waals surface area (Å²) >= 11 is 0. The third kappa shape index (κ3) is 2.87. The summed E-state index contributed by atoms with van der Waals surface area (Å²) in [7, 11) is 0. The van der Waals surface area contributed by atoms with E-state index in [1.165, 1.54) is 6.42 Å². The Labute approximate surface area is 113 Å². The van der Waals surface area contributed by atoms with Crippen molar-refractivity contribution in [1.82, 2.24) is 0 Å². The summed E-state index contributed by atoms with van der Waals surface area (Å²) in [5, 5.41) is 11.0. The normalized spacial score (nSPS) is 21.2. The Morgan fingerprint density at radius 2 is 2.21 bits per heavy atom. The van der Waals surface area contributed by atoms with Gasteiger partial charge in [-0.2, -0.15) is 0 Å². The molecule has 5 nitrogen and oxygen atoms in total. The van der Waals surface area contributed by atoms with Gasteiger partial charge in [-0.15, -0.1) is 0 Å². The predicted molar refractivity (Wildman–Crippen MR) is 76.5 cm³/mol. The van der Waals surface area contributed by atoms with E-state index >= 15 is 0 Å². The average Bonchev–Trinajstić information content (AvgIpc) is 2.39. The fraction of sp³-hybridized carbons (Fsp3) is 0.571. The molecule has 104 valence electrons. The van der Waals surface area contributed by atoms with Crippen molar-refractivity contribution < 1.29 is 4.92 Å². The van der Waals surface area contributed by atoms with E-state index < -0.39 is 0 Å². The highest BCUT2D eigenvalue weighted by Gasteiger charge is 2.26. The highest BCUT2D eigenvalue weighted by atomic mass is 16.6. The number of aryl methyl sites for hydroxylation is 1. The molecule has 2 N–H and O–H groups in total. The van der Waals surface area contributed by atoms with E-state index in [0.29, 0.717) is 5.56 Å². The van der Waals surface area contributed by atoms with Crippen LogP contribution in [0.25, 0.3) is 0 Å². The van der Waals surface area contributed by atoms with Crippen LogP contribution in [0.3, 0.4) is 0 Å². The van der Waals surface area contributed by atoms with Crippen LogP contribution in [0.15, 0.2) is 18.2 Å². The summed E-state index contributed by atoms with van der Waals surface area (Å²) in [5.41, 5.74) is 7.85. The molecule has 2 rings (SSSR count). The number of rotatable bonds is 3. The minimum Gasteiger partial charge on any atom is -0.367 e. The number of piperidine rings is 1. The second kappa shape index (κ2) is 5.57. The zero-order valence-electron chi connectivity index (χ0n) is 11.5. The van der Waals surface area contributed by atoms with Crippen LogP contribution in [0.2, 0.25) is 0 Å². The SMILES string of the molecule is Cc1ccc(N2CCCCC2C(C)N)cc1[N+](=O)[O-]. The smallest absolute Gasteiger partial charge is 0.274 e. The molecule has 0 bridgehead atoms. The van der Waals surface area contributed by atoms with Crippen molar-refractivity contribution >= 4 is 11.4 Å². The minimum absolute atomic E-state index is 0.0701. The van der Waals surface area contributed by atoms with E-state index in [1.54, 1.807) is 13.0 Å². The summed E-state index contributed by atoms with van der Waals surface area (Å²) < 4.78 is 0. The molecule has 0 aromatic heterocycles. The van der Waals surface area contributed by atoms with Crippen LogP contribution in [-0.4, -0.2) is 23.6 Å². The maximum absolute atomic E-state index is 11.0. The monoisotopic (exact) mass is 263 g/mol. The van der Waals surface area contributed by atoms with Crippen molar-refractivity contribution in [2.75, 3.05) is 11.4 Å². The van der Waals surface area contributed by atoms with Gasteiger partial charge in [0.15, 0.2) is 0 Å². The molecule has 1 saturated heterocycles. The number of nitro benzene ring substituents is 1. The molecule has 5 heteroatoms. The zero-order chi connectivity index (χ0) is 14.0. The molecule has 1 aromatic carbocycles. The Kier molecular flexibility index (Phi) is 4.04. The summed E-state index contributed by atoms with van der Waals surface area (Å²) in [6.07, 6.45) is 3.35. The zero-order valence-corrected chi connectivity index (χ0v) is 11.5. The third-order valence-corrected chi connectivity index (χ3v) is 3.88. The van der Waals surface area contributed by atoms with Crippen molar-refractivity contribution in [3.63, 3.8) is 0 Å². The Bertz CT molecular complexity index is 474. The molecule has 0 spiro atoms. The first-order chi connectivity index (χ1) is 9.00. The van der Waals surface area contributed by atoms with Gasteiger partial charge in [0.2, 0.25) is 0 Å². The highest BCUT2D eigenvalue weighted by molar-refractivity contribution is 5.57. The van der Waals surface area contributed by atoms with Crippen molar-refractivity contribution in [3.8, 4) is 0 Å². The molecule has 2 atom stereocenters. The first kappa shape index (κ1) is 13.8. The number of hydrogen-bond donors (Lipinski definition) is 1. The van der Waals surface area contributed by atoms with Gasteiger partial charge in [0.25, 0.3) is 5.69 Å². The lowest BCUT2D eigenvalue weighted by Gasteiger charge is -2.39. The van der Waals surface area contributed by atoms with E-state index in [9.17, 15) is 10.1 Å². The molecule has 2 unspecified atom stereocenters. The van der Waals surface area contributed by atoms with Gasteiger partial charge in [0.05, 0.1) is 4.92 Å². The van der Waals surface area contributed by atoms with Crippen molar-refractivity contribution in [1.29, 1.82) is 0 Å². The summed E-state index contributed by atoms with van der Waals surface area (Å²) in [6.45, 7) is 4.69. The first-order valence-electron chi connectivity index (χ1n) is 6.78. The minimum atomic E-state index is -0.316. The van der Waals surface area contributed by atoms with E-state index in [0.717, 1.165) is 25.1 Å². The molecule has 0 aliphatic carbocycles. The molecule has 19 heavy (non-hydrogen) atoms. The predicted octanol–water partition coefficient (Wildman–Crippen LogP) is 2.61. The van der Waals surface area contributed by atoms with E-state index in [-0.39, 0.29) is 22.7 Å². The fourth-order valence-corrected chi connectivity index (χ4v) is 2.80. The quantitative estimate of drug-likeness (QED) is 0.672. The lowest BCUT2D eigenvalue weighted by atomic mass is 9.96. The second-order valence-electron chi connectivity index (χ2n) is 5.34. The summed E-state index contributed by atoms with van der Waals surface area (Å²) in [6, 6.07) is 5.80. The molecule has 1 fully saturated rings. The lowest BCUT2D eigenvalue weighted by molar-refractivity contribution is -0.385. The number of anilines is 1. The van der Waals surface area contributed by atoms with Crippen LogP contribution >= 0.6 is 0 Å². The van der Waals surface area contributed by atoms with Crippen molar-refractivity contribution in [2.24, 2.45) is 5.73 Å².